The van der Waals surface area contributed by atoms with Gasteiger partial charge in [-0.3, -0.25) is 48.4 Å². The Kier molecular flexibility index (Phi) is 25.6. The number of amides is 8. The molecule has 8 amide bonds. The van der Waals surface area contributed by atoms with Crippen molar-refractivity contribution >= 4 is 86.6 Å². The number of nitrogens with zero attached hydrogens (tertiary/aromatic N) is 5. The molecule has 5 aliphatic rings. The molecule has 5 N–H and O–H groups in total. The molecule has 91 heavy (non-hydrogen) atoms. The number of nitrogens with one attached hydrogen (secondary N) is 3. The van der Waals surface area contributed by atoms with Gasteiger partial charge in [-0.05, 0) is 92.2 Å². The molecule has 3 fully saturated rings. The lowest BCUT2D eigenvalue weighted by Crippen LogP contribution is -2.51. The Balaban J connectivity index is 0.744. The molecule has 498 valence electrons. The van der Waals surface area contributed by atoms with Crippen molar-refractivity contribution in [1.82, 2.24) is 35.6 Å². The van der Waals surface area contributed by atoms with Crippen LogP contribution < -0.4 is 40.6 Å². The molecule has 1 unspecified atom stereocenters. The zero-order valence-corrected chi connectivity index (χ0v) is 55.2. The van der Waals surface area contributed by atoms with Crippen LogP contribution in [0.1, 0.15) is 120 Å². The maximum Gasteiger partial charge on any atom is 0.412 e. The summed E-state index contributed by atoms with van der Waals surface area (Å²) in [4.78, 5) is 113. The van der Waals surface area contributed by atoms with Crippen LogP contribution >= 0.6 is 21.6 Å². The average molecular weight is 1300 g/mol. The predicted molar refractivity (Wildman–Crippen MR) is 346 cm³/mol. The Hall–Kier alpha value is -7.33. The predicted octanol–water partition coefficient (Wildman–Crippen LogP) is 6.55. The van der Waals surface area contributed by atoms with Gasteiger partial charge in [0.05, 0.1) is 98.6 Å². The van der Waals surface area contributed by atoms with Crippen LogP contribution in [0, 0.1) is 0 Å². The molecule has 27 heteroatoms. The molecule has 3 atom stereocenters. The van der Waals surface area contributed by atoms with Crippen molar-refractivity contribution in [2.45, 2.75) is 134 Å². The number of imide groups is 1. The van der Waals surface area contributed by atoms with Crippen LogP contribution in [0.15, 0.2) is 65.7 Å². The van der Waals surface area contributed by atoms with Gasteiger partial charge in [0.25, 0.3) is 23.6 Å². The van der Waals surface area contributed by atoms with E-state index in [2.05, 4.69) is 34.1 Å². The van der Waals surface area contributed by atoms with E-state index in [4.69, 9.17) is 43.6 Å². The quantitative estimate of drug-likeness (QED) is 0.0187. The SMILES string of the molecule is C=C1C[C@H]2C=Nc3cc(OCCCCCOc4cc(N)c(C(=O)N5CC(=C)C[C@H]5C5OCCN5C(=O)OCC(C)(C)SSCCC(=O)NCCNC(=O)CCOC(C)(C)CCOC(C)(C)CNC(=O)CCN5C(=O)C=CC5=O)cc4OC)c(OC)cc3C(=O)N2C1. The summed E-state index contributed by atoms with van der Waals surface area (Å²) in [5.41, 5.74) is 8.45. The van der Waals surface area contributed by atoms with E-state index in [1.165, 1.54) is 52.9 Å². The van der Waals surface area contributed by atoms with Crippen molar-refractivity contribution in [1.29, 1.82) is 0 Å². The first-order valence-electron chi connectivity index (χ1n) is 30.7. The van der Waals surface area contributed by atoms with E-state index >= 15 is 0 Å². The Morgan fingerprint density at radius 1 is 0.736 bits per heavy atom. The van der Waals surface area contributed by atoms with Crippen LogP contribution in [0.3, 0.4) is 0 Å². The maximum absolute atomic E-state index is 14.4. The van der Waals surface area contributed by atoms with Gasteiger partial charge in [0.2, 0.25) is 17.7 Å². The average Bonchev–Trinajstić information content (AvgIpc) is 1.51. The summed E-state index contributed by atoms with van der Waals surface area (Å²) in [5.74, 6) is 0.116. The van der Waals surface area contributed by atoms with Gasteiger partial charge in [-0.1, -0.05) is 45.9 Å². The van der Waals surface area contributed by atoms with Crippen molar-refractivity contribution < 1.29 is 76.3 Å². The zero-order valence-electron chi connectivity index (χ0n) is 53.6. The third-order valence-electron chi connectivity index (χ3n) is 15.6. The number of anilines is 1. The second-order valence-electron chi connectivity index (χ2n) is 24.6. The van der Waals surface area contributed by atoms with E-state index in [0.29, 0.717) is 98.5 Å². The summed E-state index contributed by atoms with van der Waals surface area (Å²) in [6, 6.07) is 5.90. The first kappa shape index (κ1) is 71.1. The van der Waals surface area contributed by atoms with Gasteiger partial charge in [0.15, 0.2) is 29.2 Å². The molecule has 2 aromatic carbocycles. The number of methoxy groups -OCH3 is 2. The highest BCUT2D eigenvalue weighted by atomic mass is 33.1. The monoisotopic (exact) mass is 1300 g/mol. The van der Waals surface area contributed by atoms with E-state index < -0.39 is 46.1 Å². The van der Waals surface area contributed by atoms with Crippen molar-refractivity contribution in [2.24, 2.45) is 4.99 Å². The second-order valence-corrected chi connectivity index (χ2v) is 27.7. The topological polar surface area (TPSA) is 298 Å². The number of benzene rings is 2. The number of fused-ring (bicyclic) bond motifs is 2. The lowest BCUT2D eigenvalue weighted by atomic mass is 10.1. The first-order chi connectivity index (χ1) is 43.3. The van der Waals surface area contributed by atoms with Gasteiger partial charge in [-0.25, -0.2) is 4.79 Å². The lowest BCUT2D eigenvalue weighted by molar-refractivity contribution is -0.137. The molecule has 25 nitrogen and oxygen atoms in total. The molecule has 0 aliphatic carbocycles. The number of unbranched alkanes of at least 4 members (excludes halogenated alkanes) is 2. The van der Waals surface area contributed by atoms with E-state index in [1.807, 2.05) is 41.5 Å². The van der Waals surface area contributed by atoms with Crippen LogP contribution in [0.5, 0.6) is 23.0 Å². The number of aliphatic imine (C=N–C) groups is 1. The number of hydrogen-bond acceptors (Lipinski definition) is 20. The lowest BCUT2D eigenvalue weighted by Gasteiger charge is -2.33. The molecule has 3 saturated heterocycles. The number of nitrogen functional groups attached to an aromatic ring is 1. The van der Waals surface area contributed by atoms with Crippen molar-refractivity contribution in [3.63, 3.8) is 0 Å². The molecule has 5 heterocycles. The summed E-state index contributed by atoms with van der Waals surface area (Å²) in [7, 11) is 6.00. The molecule has 0 spiro atoms. The van der Waals surface area contributed by atoms with Crippen molar-refractivity contribution in [3.8, 4) is 23.0 Å². The molecular weight excluding hydrogens is 1210 g/mol. The third-order valence-corrected chi connectivity index (χ3v) is 18.8. The summed E-state index contributed by atoms with van der Waals surface area (Å²) >= 11 is 0. The molecule has 5 aliphatic heterocycles. The molecule has 0 aromatic heterocycles. The fourth-order valence-electron chi connectivity index (χ4n) is 10.5. The largest absolute Gasteiger partial charge is 0.493 e. The maximum atomic E-state index is 14.4. The van der Waals surface area contributed by atoms with Gasteiger partial charge in [0.1, 0.15) is 6.61 Å². The van der Waals surface area contributed by atoms with Gasteiger partial charge in [0, 0.05) is 100 Å². The van der Waals surface area contributed by atoms with Crippen LogP contribution in [0.2, 0.25) is 0 Å². The van der Waals surface area contributed by atoms with Gasteiger partial charge in [-0.15, -0.1) is 0 Å². The summed E-state index contributed by atoms with van der Waals surface area (Å²) in [6.07, 6.45) is 6.91. The summed E-state index contributed by atoms with van der Waals surface area (Å²) in [5, 5.41) is 8.41. The third kappa shape index (κ3) is 20.6. The molecule has 7 rings (SSSR count). The minimum absolute atomic E-state index is 0.00326. The highest BCUT2D eigenvalue weighted by Crippen LogP contribution is 2.41. The second kappa shape index (κ2) is 32.8. The Labute approximate surface area is 540 Å². The number of nitrogens with two attached hydrogens (primary N) is 1. The van der Waals surface area contributed by atoms with Crippen LogP contribution in [0.25, 0.3) is 0 Å². The number of ether oxygens (including phenoxy) is 8. The first-order valence-corrected chi connectivity index (χ1v) is 33.0. The van der Waals surface area contributed by atoms with Crippen LogP contribution in [-0.2, 0) is 42.9 Å². The molecule has 0 bridgehead atoms. The van der Waals surface area contributed by atoms with E-state index in [9.17, 15) is 38.4 Å². The van der Waals surface area contributed by atoms with Crippen LogP contribution in [-0.4, -0.2) is 213 Å². The zero-order chi connectivity index (χ0) is 66.0. The smallest absolute Gasteiger partial charge is 0.412 e. The van der Waals surface area contributed by atoms with Crippen LogP contribution in [0.4, 0.5) is 16.2 Å². The number of carbonyl (C=O) groups is 8. The van der Waals surface area contributed by atoms with Gasteiger partial charge in [-0.2, -0.15) is 0 Å². The summed E-state index contributed by atoms with van der Waals surface area (Å²) in [6.45, 7) is 22.9. The normalized spacial score (nSPS) is 18.2. The Morgan fingerprint density at radius 3 is 2.07 bits per heavy atom. The molecule has 2 aromatic rings. The minimum atomic E-state index is -0.797. The Morgan fingerprint density at radius 2 is 1.37 bits per heavy atom. The van der Waals surface area contributed by atoms with E-state index in [-0.39, 0.29) is 125 Å². The standard InChI is InChI=1S/C64H89N9O16S2/c1-41-30-43-36-68-47-35-52(50(83-10)33-45(47)59(80)72(43)37-41)85-25-13-11-12-24-84-51-34-46(65)44(32-49(51)82-9)58(79)73-38-42(2)31-48(73)60-71(23-28-86-60)61(81)87-40-64(7,8)91-90-29-18-55(76)67-21-20-66-54(75)17-26-88-62(3,4)19-27-89-63(5,6)39-69-53(74)16-22-70-56(77)14-15-57(70)78/h14-15,32-36,43,48,60H,1-2,11-13,16-31,37-40,65H2,3-10H3,(H,66,75)(H,67,76)(H,69,74)/t43-,48-,60?/m0/s1. The fraction of sp³-hybridized carbons (Fsp3) is 0.578. The van der Waals surface area contributed by atoms with Crippen molar-refractivity contribution in [3.05, 3.63) is 71.8 Å². The van der Waals surface area contributed by atoms with Gasteiger partial charge < -0.3 is 69.4 Å². The van der Waals surface area contributed by atoms with E-state index in [0.717, 1.165) is 22.5 Å². The van der Waals surface area contributed by atoms with Crippen molar-refractivity contribution in [2.75, 3.05) is 111 Å². The highest BCUT2D eigenvalue weighted by molar-refractivity contribution is 8.77. The van der Waals surface area contributed by atoms with E-state index in [1.54, 1.807) is 40.3 Å². The minimum Gasteiger partial charge on any atom is -0.493 e. The fourth-order valence-corrected chi connectivity index (χ4v) is 12.9. The number of carbonyl (C=O) groups excluding carboxylic acids is 8. The molecule has 0 saturated carbocycles. The number of hydrogen-bond donors (Lipinski definition) is 4. The highest BCUT2D eigenvalue weighted by Gasteiger charge is 2.45. The van der Waals surface area contributed by atoms with Gasteiger partial charge >= 0.3 is 6.09 Å². The number of likely N-dealkylation sites (tertiary alicyclic amines) is 1. The number of rotatable bonds is 35. The Bertz CT molecular complexity index is 3060. The molecule has 0 radical (unpaired) electrons. The molecular formula is C64H89N9O16S2. The summed E-state index contributed by atoms with van der Waals surface area (Å²) < 4.78 is 46.9.